The van der Waals surface area contributed by atoms with Crippen LogP contribution in [0.25, 0.3) is 0 Å². The van der Waals surface area contributed by atoms with Crippen LogP contribution in [0.15, 0.2) is 10.2 Å². The van der Waals surface area contributed by atoms with Crippen molar-refractivity contribution in [3.63, 3.8) is 0 Å². The molecule has 2 N–H and O–H groups in total. The highest BCUT2D eigenvalue weighted by Gasteiger charge is 2.12. The van der Waals surface area contributed by atoms with Crippen molar-refractivity contribution in [3.8, 4) is 0 Å². The summed E-state index contributed by atoms with van der Waals surface area (Å²) >= 11 is 0. The molecule has 0 fully saturated rings. The zero-order valence-corrected chi connectivity index (χ0v) is 18.5. The number of unbranched alkanes of at least 4 members (excludes halogenated alkanes) is 14. The number of rotatable bonds is 18. The first-order valence-electron chi connectivity index (χ1n) is 11.6. The van der Waals surface area contributed by atoms with Crippen LogP contribution in [0.1, 0.15) is 117 Å². The molecule has 0 bridgehead atoms. The molecule has 0 radical (unpaired) electrons. The first-order valence-corrected chi connectivity index (χ1v) is 11.6. The lowest BCUT2D eigenvalue weighted by Crippen LogP contribution is -2.30. The summed E-state index contributed by atoms with van der Waals surface area (Å²) in [4.78, 5) is 24.6. The molecule has 0 aromatic rings. The molecule has 0 heterocycles. The van der Waals surface area contributed by atoms with Gasteiger partial charge in [-0.1, -0.05) is 114 Å². The number of hydrogen-bond donors (Lipinski definition) is 1. The monoisotopic (exact) mass is 396 g/mol. The molecule has 4 amide bonds. The molecule has 0 aliphatic carbocycles. The van der Waals surface area contributed by atoms with Gasteiger partial charge in [0.25, 0.3) is 0 Å². The summed E-state index contributed by atoms with van der Waals surface area (Å²) in [6.07, 6.45) is 19.6. The van der Waals surface area contributed by atoms with Gasteiger partial charge in [0.2, 0.25) is 0 Å². The van der Waals surface area contributed by atoms with Crippen LogP contribution in [0.4, 0.5) is 9.59 Å². The maximum Gasteiger partial charge on any atom is 0.362 e. The van der Waals surface area contributed by atoms with Gasteiger partial charge in [-0.25, -0.2) is 9.59 Å². The van der Waals surface area contributed by atoms with Gasteiger partial charge in [0.1, 0.15) is 0 Å². The van der Waals surface area contributed by atoms with Crippen molar-refractivity contribution >= 4 is 12.1 Å². The van der Waals surface area contributed by atoms with E-state index in [1.165, 1.54) is 77.0 Å². The molecule has 0 saturated heterocycles. The van der Waals surface area contributed by atoms with E-state index in [0.717, 1.165) is 25.7 Å². The van der Waals surface area contributed by atoms with Crippen LogP contribution in [0.2, 0.25) is 0 Å². The van der Waals surface area contributed by atoms with Crippen LogP contribution >= 0.6 is 0 Å². The van der Waals surface area contributed by atoms with Crippen molar-refractivity contribution < 1.29 is 9.59 Å². The van der Waals surface area contributed by atoms with E-state index in [0.29, 0.717) is 13.1 Å². The molecule has 0 aromatic carbocycles. The number of nitrogens with zero attached hydrogens (tertiary/aromatic N) is 3. The number of carbonyl (C=O) groups excluding carboxylic acids is 2. The third kappa shape index (κ3) is 17.9. The summed E-state index contributed by atoms with van der Waals surface area (Å²) in [6.45, 7) is 5.82. The fourth-order valence-corrected chi connectivity index (χ4v) is 3.33. The van der Waals surface area contributed by atoms with Gasteiger partial charge in [-0.2, -0.15) is 0 Å². The van der Waals surface area contributed by atoms with Crippen molar-refractivity contribution in [2.24, 2.45) is 16.0 Å². The summed E-state index contributed by atoms with van der Waals surface area (Å²) in [5.41, 5.74) is 4.95. The fourth-order valence-electron chi connectivity index (χ4n) is 3.33. The van der Waals surface area contributed by atoms with E-state index < -0.39 is 12.1 Å². The largest absolute Gasteiger partial charge is 0.362 e. The van der Waals surface area contributed by atoms with Crippen molar-refractivity contribution in [1.29, 1.82) is 0 Å². The van der Waals surface area contributed by atoms with Gasteiger partial charge < -0.3 is 10.6 Å². The molecule has 0 unspecified atom stereocenters. The van der Waals surface area contributed by atoms with Gasteiger partial charge in [0.05, 0.1) is 0 Å². The van der Waals surface area contributed by atoms with Gasteiger partial charge in [0.15, 0.2) is 0 Å². The van der Waals surface area contributed by atoms with E-state index in [9.17, 15) is 9.59 Å². The molecule has 164 valence electrons. The molecule has 28 heavy (non-hydrogen) atoms. The zero-order valence-electron chi connectivity index (χ0n) is 18.5. The van der Waals surface area contributed by atoms with E-state index >= 15 is 0 Å². The molecule has 6 heteroatoms. The maximum absolute atomic E-state index is 12.2. The Morgan fingerprint density at radius 1 is 0.607 bits per heavy atom. The molecule has 0 atom stereocenters. The SMILES string of the molecule is CCCCCCCCCCN(CCCCCCCCCC)C(=O)N=NC(N)=O. The molecule has 0 aliphatic heterocycles. The minimum atomic E-state index is -0.924. The first kappa shape index (κ1) is 26.5. The number of urea groups is 2. The minimum Gasteiger partial charge on any atom is -0.348 e. The Hall–Kier alpha value is -1.46. The third-order valence-electron chi connectivity index (χ3n) is 5.07. The van der Waals surface area contributed by atoms with Crippen molar-refractivity contribution in [1.82, 2.24) is 4.90 Å². The lowest BCUT2D eigenvalue weighted by Gasteiger charge is -2.19. The van der Waals surface area contributed by atoms with Crippen LogP contribution in [0.3, 0.4) is 0 Å². The van der Waals surface area contributed by atoms with Crippen molar-refractivity contribution in [3.05, 3.63) is 0 Å². The number of carbonyl (C=O) groups is 2. The smallest absolute Gasteiger partial charge is 0.348 e. The van der Waals surface area contributed by atoms with E-state index in [1.807, 2.05) is 0 Å². The lowest BCUT2D eigenvalue weighted by atomic mass is 10.1. The summed E-state index contributed by atoms with van der Waals surface area (Å²) in [7, 11) is 0. The first-order chi connectivity index (χ1) is 13.6. The summed E-state index contributed by atoms with van der Waals surface area (Å²) in [5.74, 6) is 0. The van der Waals surface area contributed by atoms with Crippen molar-refractivity contribution in [2.45, 2.75) is 117 Å². The van der Waals surface area contributed by atoms with Gasteiger partial charge in [0, 0.05) is 13.1 Å². The predicted molar refractivity (Wildman–Crippen MR) is 117 cm³/mol. The standard InChI is InChI=1S/C22H44N4O2/c1-3-5-7-9-11-13-15-17-19-26(22(28)25-24-21(23)27)20-18-16-14-12-10-8-6-4-2/h3-20H2,1-2H3,(H2,23,27). The third-order valence-corrected chi connectivity index (χ3v) is 5.07. The number of hydrogen-bond acceptors (Lipinski definition) is 2. The Kier molecular flexibility index (Phi) is 19.2. The highest BCUT2D eigenvalue weighted by Crippen LogP contribution is 2.12. The van der Waals surface area contributed by atoms with Crippen LogP contribution in [-0.4, -0.2) is 30.1 Å². The minimum absolute atomic E-state index is 0.440. The topological polar surface area (TPSA) is 88.1 Å². The van der Waals surface area contributed by atoms with Gasteiger partial charge in [-0.15, -0.1) is 0 Å². The molecular formula is C22H44N4O2. The molecule has 0 saturated carbocycles. The summed E-state index contributed by atoms with van der Waals surface area (Å²) in [6, 6.07) is -1.36. The van der Waals surface area contributed by atoms with E-state index in [1.54, 1.807) is 4.90 Å². The number of azo groups is 1. The molecule has 0 rings (SSSR count). The highest BCUT2D eigenvalue weighted by atomic mass is 16.2. The highest BCUT2D eigenvalue weighted by molar-refractivity contribution is 5.78. The van der Waals surface area contributed by atoms with Gasteiger partial charge in [-0.3, -0.25) is 0 Å². The second-order valence-corrected chi connectivity index (χ2v) is 7.76. The maximum atomic E-state index is 12.2. The molecular weight excluding hydrogens is 352 g/mol. The lowest BCUT2D eigenvalue weighted by molar-refractivity contribution is 0.202. The Labute approximate surface area is 172 Å². The number of nitrogens with two attached hydrogens (primary N) is 1. The van der Waals surface area contributed by atoms with Crippen LogP contribution < -0.4 is 5.73 Å². The van der Waals surface area contributed by atoms with Crippen LogP contribution in [-0.2, 0) is 0 Å². The quantitative estimate of drug-likeness (QED) is 0.196. The van der Waals surface area contributed by atoms with Crippen LogP contribution in [0.5, 0.6) is 0 Å². The van der Waals surface area contributed by atoms with Gasteiger partial charge in [-0.05, 0) is 12.8 Å². The Morgan fingerprint density at radius 2 is 0.964 bits per heavy atom. The number of amides is 4. The van der Waals surface area contributed by atoms with Crippen molar-refractivity contribution in [2.75, 3.05) is 13.1 Å². The summed E-state index contributed by atoms with van der Waals surface area (Å²) < 4.78 is 0. The normalized spacial score (nSPS) is 11.2. The van der Waals surface area contributed by atoms with Crippen LogP contribution in [0, 0.1) is 0 Å². The predicted octanol–water partition coefficient (Wildman–Crippen LogP) is 7.22. The second kappa shape index (κ2) is 20.3. The Morgan fingerprint density at radius 3 is 1.32 bits per heavy atom. The molecule has 0 aliphatic rings. The fraction of sp³-hybridized carbons (Fsp3) is 0.909. The second-order valence-electron chi connectivity index (χ2n) is 7.76. The molecule has 6 nitrogen and oxygen atoms in total. The number of primary amides is 1. The Bertz CT molecular complexity index is 393. The average molecular weight is 397 g/mol. The Balaban J connectivity index is 4.05. The average Bonchev–Trinajstić information content (AvgIpc) is 2.68. The summed E-state index contributed by atoms with van der Waals surface area (Å²) in [5, 5.41) is 6.65. The molecule has 0 aromatic heterocycles. The van der Waals surface area contributed by atoms with E-state index in [-0.39, 0.29) is 0 Å². The molecule has 0 spiro atoms. The van der Waals surface area contributed by atoms with E-state index in [4.69, 9.17) is 5.73 Å². The zero-order chi connectivity index (χ0) is 20.9. The van der Waals surface area contributed by atoms with E-state index in [2.05, 4.69) is 24.1 Å². The van der Waals surface area contributed by atoms with Gasteiger partial charge >= 0.3 is 12.1 Å².